The van der Waals surface area contributed by atoms with Gasteiger partial charge in [-0.15, -0.1) is 0 Å². The van der Waals surface area contributed by atoms with Crippen molar-refractivity contribution in [1.29, 1.82) is 0 Å². The number of carboxylic acid groups (broad SMARTS) is 2. The zero-order valence-corrected chi connectivity index (χ0v) is 6.97. The number of amides is 1. The smallest absolute Gasteiger partial charge is 0.407 e. The van der Waals surface area contributed by atoms with Gasteiger partial charge in [-0.1, -0.05) is 0 Å². The van der Waals surface area contributed by atoms with Crippen LogP contribution in [0.4, 0.5) is 4.79 Å². The molecule has 1 amide bonds. The summed E-state index contributed by atoms with van der Waals surface area (Å²) < 4.78 is 4.94. The maximum Gasteiger partial charge on any atom is 0.407 e. The van der Waals surface area contributed by atoms with Crippen molar-refractivity contribution < 1.29 is 24.5 Å². The van der Waals surface area contributed by atoms with Crippen molar-refractivity contribution in [3.8, 4) is 0 Å². The molecule has 1 unspecified atom stereocenters. The highest BCUT2D eigenvalue weighted by atomic mass is 16.5. The Morgan fingerprint density at radius 1 is 1.46 bits per heavy atom. The lowest BCUT2D eigenvalue weighted by atomic mass is 10.3. The second-order valence-corrected chi connectivity index (χ2v) is 2.84. The van der Waals surface area contributed by atoms with E-state index in [0.29, 0.717) is 13.0 Å². The van der Waals surface area contributed by atoms with Crippen LogP contribution in [0.2, 0.25) is 0 Å². The molecule has 0 aromatic carbocycles. The number of nitrogens with zero attached hydrogens (tertiary/aromatic N) is 1. The molecule has 0 spiro atoms. The van der Waals surface area contributed by atoms with E-state index in [4.69, 9.17) is 14.9 Å². The molecule has 0 aromatic heterocycles. The molecule has 6 nitrogen and oxygen atoms in total. The Morgan fingerprint density at radius 3 is 2.62 bits per heavy atom. The summed E-state index contributed by atoms with van der Waals surface area (Å²) >= 11 is 0. The summed E-state index contributed by atoms with van der Waals surface area (Å²) in [7, 11) is 0. The quantitative estimate of drug-likeness (QED) is 0.644. The third-order valence-electron chi connectivity index (χ3n) is 1.86. The highest BCUT2D eigenvalue weighted by Crippen LogP contribution is 2.12. The van der Waals surface area contributed by atoms with Crippen LogP contribution < -0.4 is 0 Å². The number of carbonyl (C=O) groups is 2. The first kappa shape index (κ1) is 9.79. The Morgan fingerprint density at radius 2 is 2.15 bits per heavy atom. The van der Waals surface area contributed by atoms with E-state index in [9.17, 15) is 9.59 Å². The van der Waals surface area contributed by atoms with E-state index >= 15 is 0 Å². The largest absolute Gasteiger partial charge is 0.480 e. The lowest BCUT2D eigenvalue weighted by Gasteiger charge is -2.11. The van der Waals surface area contributed by atoms with Gasteiger partial charge in [0.15, 0.2) is 0 Å². The fraction of sp³-hybridized carbons (Fsp3) is 0.714. The molecule has 1 aliphatic rings. The topological polar surface area (TPSA) is 87.1 Å². The summed E-state index contributed by atoms with van der Waals surface area (Å²) in [5.41, 5.74) is 0. The number of rotatable bonds is 3. The van der Waals surface area contributed by atoms with Crippen LogP contribution in [0.25, 0.3) is 0 Å². The third kappa shape index (κ3) is 2.90. The number of hydrogen-bond donors (Lipinski definition) is 2. The second kappa shape index (κ2) is 4.08. The lowest BCUT2D eigenvalue weighted by molar-refractivity contribution is -0.144. The third-order valence-corrected chi connectivity index (χ3v) is 1.86. The van der Waals surface area contributed by atoms with Gasteiger partial charge in [-0.3, -0.25) is 0 Å². The standard InChI is InChI=1S/C7H11NO5/c9-6(10)4-13-5-1-2-8(3-5)7(11)12/h5H,1-4H2,(H,9,10)(H,11,12). The van der Waals surface area contributed by atoms with E-state index in [1.54, 1.807) is 0 Å². The zero-order chi connectivity index (χ0) is 9.84. The first-order valence-corrected chi connectivity index (χ1v) is 3.91. The Bertz CT molecular complexity index is 217. The van der Waals surface area contributed by atoms with Gasteiger partial charge in [0, 0.05) is 6.54 Å². The Balaban J connectivity index is 2.25. The van der Waals surface area contributed by atoms with Crippen molar-refractivity contribution in [1.82, 2.24) is 4.90 Å². The summed E-state index contributed by atoms with van der Waals surface area (Å²) in [4.78, 5) is 21.8. The zero-order valence-electron chi connectivity index (χ0n) is 6.97. The van der Waals surface area contributed by atoms with Crippen molar-refractivity contribution in [2.24, 2.45) is 0 Å². The highest BCUT2D eigenvalue weighted by molar-refractivity contribution is 5.68. The second-order valence-electron chi connectivity index (χ2n) is 2.84. The van der Waals surface area contributed by atoms with Crippen LogP contribution in [0.15, 0.2) is 0 Å². The van der Waals surface area contributed by atoms with Crippen LogP contribution in [0.1, 0.15) is 6.42 Å². The number of carboxylic acids is 1. The average molecular weight is 189 g/mol. The molecule has 1 fully saturated rings. The normalized spacial score (nSPS) is 21.8. The average Bonchev–Trinajstić information content (AvgIpc) is 2.48. The van der Waals surface area contributed by atoms with Gasteiger partial charge in [-0.05, 0) is 6.42 Å². The van der Waals surface area contributed by atoms with Gasteiger partial charge in [0.05, 0.1) is 12.6 Å². The lowest BCUT2D eigenvalue weighted by Crippen LogP contribution is -2.29. The fourth-order valence-corrected chi connectivity index (χ4v) is 1.23. The fourth-order valence-electron chi connectivity index (χ4n) is 1.23. The molecule has 1 atom stereocenters. The van der Waals surface area contributed by atoms with Gasteiger partial charge in [-0.25, -0.2) is 9.59 Å². The van der Waals surface area contributed by atoms with E-state index in [-0.39, 0.29) is 19.3 Å². The van der Waals surface area contributed by atoms with Gasteiger partial charge < -0.3 is 19.8 Å². The molecule has 0 saturated carbocycles. The van der Waals surface area contributed by atoms with Crippen LogP contribution in [-0.4, -0.2) is 53.0 Å². The predicted molar refractivity (Wildman–Crippen MR) is 41.6 cm³/mol. The van der Waals surface area contributed by atoms with Gasteiger partial charge >= 0.3 is 12.1 Å². The monoisotopic (exact) mass is 189 g/mol. The van der Waals surface area contributed by atoms with E-state index in [1.807, 2.05) is 0 Å². The molecule has 13 heavy (non-hydrogen) atoms. The van der Waals surface area contributed by atoms with E-state index in [1.165, 1.54) is 4.90 Å². The van der Waals surface area contributed by atoms with Crippen LogP contribution in [0.5, 0.6) is 0 Å². The van der Waals surface area contributed by atoms with Crippen LogP contribution in [0.3, 0.4) is 0 Å². The molecular weight excluding hydrogens is 178 g/mol. The molecule has 0 radical (unpaired) electrons. The summed E-state index contributed by atoms with van der Waals surface area (Å²) in [5, 5.41) is 16.9. The molecule has 0 aromatic rings. The van der Waals surface area contributed by atoms with Crippen molar-refractivity contribution in [2.45, 2.75) is 12.5 Å². The number of aliphatic carboxylic acids is 1. The molecule has 2 N–H and O–H groups in total. The first-order valence-electron chi connectivity index (χ1n) is 3.91. The minimum Gasteiger partial charge on any atom is -0.480 e. The molecule has 0 aliphatic carbocycles. The minimum atomic E-state index is -1.03. The molecule has 6 heteroatoms. The maximum absolute atomic E-state index is 10.4. The number of ether oxygens (including phenoxy) is 1. The Labute approximate surface area is 74.7 Å². The summed E-state index contributed by atoms with van der Waals surface area (Å²) in [6.45, 7) is 0.320. The van der Waals surface area contributed by atoms with E-state index in [2.05, 4.69) is 0 Å². The molecule has 1 rings (SSSR count). The SMILES string of the molecule is O=C(O)COC1CCN(C(=O)O)C1. The number of hydrogen-bond acceptors (Lipinski definition) is 3. The van der Waals surface area contributed by atoms with Gasteiger partial charge in [0.25, 0.3) is 0 Å². The molecule has 1 heterocycles. The Kier molecular flexibility index (Phi) is 3.07. The van der Waals surface area contributed by atoms with Crippen molar-refractivity contribution in [2.75, 3.05) is 19.7 Å². The van der Waals surface area contributed by atoms with Gasteiger partial charge in [0.2, 0.25) is 0 Å². The molecular formula is C7H11NO5. The summed E-state index contributed by atoms with van der Waals surface area (Å²) in [6.07, 6.45) is -0.687. The highest BCUT2D eigenvalue weighted by Gasteiger charge is 2.26. The first-order chi connectivity index (χ1) is 6.09. The van der Waals surface area contributed by atoms with Crippen LogP contribution >= 0.6 is 0 Å². The van der Waals surface area contributed by atoms with Gasteiger partial charge in [0.1, 0.15) is 6.61 Å². The molecule has 74 valence electrons. The molecule has 1 saturated heterocycles. The van der Waals surface area contributed by atoms with Crippen molar-refractivity contribution in [3.63, 3.8) is 0 Å². The van der Waals surface area contributed by atoms with E-state index < -0.39 is 12.1 Å². The molecule has 0 bridgehead atoms. The summed E-state index contributed by atoms with van der Waals surface area (Å²) in [6, 6.07) is 0. The number of likely N-dealkylation sites (tertiary alicyclic amines) is 1. The maximum atomic E-state index is 10.4. The minimum absolute atomic E-state index is 0.266. The van der Waals surface area contributed by atoms with Crippen LogP contribution in [0, 0.1) is 0 Å². The van der Waals surface area contributed by atoms with Crippen LogP contribution in [-0.2, 0) is 9.53 Å². The summed E-state index contributed by atoms with van der Waals surface area (Å²) in [5.74, 6) is -1.03. The van der Waals surface area contributed by atoms with Crippen molar-refractivity contribution >= 4 is 12.1 Å². The predicted octanol–water partition coefficient (Wildman–Crippen LogP) is -0.160. The molecule has 1 aliphatic heterocycles. The van der Waals surface area contributed by atoms with E-state index in [0.717, 1.165) is 0 Å². The van der Waals surface area contributed by atoms with Crippen molar-refractivity contribution in [3.05, 3.63) is 0 Å². The Hall–Kier alpha value is -1.30. The van der Waals surface area contributed by atoms with Gasteiger partial charge in [-0.2, -0.15) is 0 Å².